The van der Waals surface area contributed by atoms with Crippen molar-refractivity contribution >= 4 is 11.5 Å². The van der Waals surface area contributed by atoms with Crippen molar-refractivity contribution in [1.29, 1.82) is 0 Å². The summed E-state index contributed by atoms with van der Waals surface area (Å²) in [5, 5.41) is 11.4. The Morgan fingerprint density at radius 1 is 1.18 bits per heavy atom. The Kier molecular flexibility index (Phi) is 3.89. The van der Waals surface area contributed by atoms with Gasteiger partial charge in [0.05, 0.1) is 11.1 Å². The first-order chi connectivity index (χ1) is 13.6. The van der Waals surface area contributed by atoms with E-state index in [1.165, 1.54) is 0 Å². The van der Waals surface area contributed by atoms with Gasteiger partial charge in [-0.2, -0.15) is 0 Å². The third-order valence-corrected chi connectivity index (χ3v) is 5.85. The van der Waals surface area contributed by atoms with Crippen molar-refractivity contribution < 1.29 is 9.34 Å². The number of hydrogen-bond acceptors (Lipinski definition) is 6. The van der Waals surface area contributed by atoms with Gasteiger partial charge in [-0.05, 0) is 31.2 Å². The Labute approximate surface area is 162 Å². The average Bonchev–Trinajstić information content (AvgIpc) is 3.22. The van der Waals surface area contributed by atoms with Gasteiger partial charge in [0, 0.05) is 36.3 Å². The molecule has 142 valence electrons. The summed E-state index contributed by atoms with van der Waals surface area (Å²) >= 11 is 0. The van der Waals surface area contributed by atoms with E-state index in [-0.39, 0.29) is 16.5 Å². The summed E-state index contributed by atoms with van der Waals surface area (Å²) in [5.74, 6) is 3.26. The molecule has 0 N–H and O–H groups in total. The third kappa shape index (κ3) is 2.83. The van der Waals surface area contributed by atoms with E-state index < -0.39 is 0 Å². The number of aromatic nitrogens is 2. The lowest BCUT2D eigenvalue weighted by atomic mass is 10.1. The topological polar surface area (TPSA) is 85.3 Å². The normalized spacial score (nSPS) is 23.3. The molecule has 3 aromatic rings. The first-order valence-electron chi connectivity index (χ1n) is 9.50. The predicted molar refractivity (Wildman–Crippen MR) is 104 cm³/mol. The lowest BCUT2D eigenvalue weighted by molar-refractivity contribution is -0.384. The molecular weight excluding hydrogens is 356 g/mol. The van der Waals surface area contributed by atoms with Gasteiger partial charge in [-0.15, -0.1) is 0 Å². The molecule has 1 aliphatic heterocycles. The van der Waals surface area contributed by atoms with Crippen molar-refractivity contribution in [2.75, 3.05) is 18.0 Å². The van der Waals surface area contributed by atoms with Crippen LogP contribution >= 0.6 is 0 Å². The summed E-state index contributed by atoms with van der Waals surface area (Å²) in [6.45, 7) is 3.37. The van der Waals surface area contributed by atoms with E-state index in [4.69, 9.17) is 4.42 Å². The Hall–Kier alpha value is -3.22. The van der Waals surface area contributed by atoms with E-state index in [1.54, 1.807) is 18.3 Å². The number of hydrogen-bond donors (Lipinski definition) is 0. The quantitative estimate of drug-likeness (QED) is 0.501. The van der Waals surface area contributed by atoms with E-state index in [1.807, 2.05) is 42.2 Å². The van der Waals surface area contributed by atoms with Crippen LogP contribution in [0.2, 0.25) is 0 Å². The molecule has 7 heteroatoms. The molecule has 1 aromatic carbocycles. The van der Waals surface area contributed by atoms with Gasteiger partial charge in [0.25, 0.3) is 0 Å². The van der Waals surface area contributed by atoms with Gasteiger partial charge in [-0.25, -0.2) is 9.97 Å². The van der Waals surface area contributed by atoms with Crippen LogP contribution < -0.4 is 4.90 Å². The van der Waals surface area contributed by atoms with Crippen LogP contribution in [0.1, 0.15) is 23.9 Å². The van der Waals surface area contributed by atoms with E-state index >= 15 is 0 Å². The third-order valence-electron chi connectivity index (χ3n) is 5.85. The lowest BCUT2D eigenvalue weighted by Crippen LogP contribution is -2.32. The Morgan fingerprint density at radius 3 is 2.79 bits per heavy atom. The van der Waals surface area contributed by atoms with Crippen molar-refractivity contribution in [2.24, 2.45) is 11.8 Å². The molecule has 7 nitrogen and oxygen atoms in total. The first kappa shape index (κ1) is 16.9. The second-order valence-corrected chi connectivity index (χ2v) is 7.57. The van der Waals surface area contributed by atoms with Crippen LogP contribution in [-0.2, 0) is 0 Å². The zero-order valence-corrected chi connectivity index (χ0v) is 15.5. The molecule has 0 bridgehead atoms. The number of nitro groups is 1. The molecule has 0 radical (unpaired) electrons. The van der Waals surface area contributed by atoms with Crippen LogP contribution in [0.15, 0.2) is 53.1 Å². The summed E-state index contributed by atoms with van der Waals surface area (Å²) in [7, 11) is 0. The van der Waals surface area contributed by atoms with Gasteiger partial charge in [0.15, 0.2) is 11.7 Å². The monoisotopic (exact) mass is 376 g/mol. The summed E-state index contributed by atoms with van der Waals surface area (Å²) in [5.41, 5.74) is 1.88. The van der Waals surface area contributed by atoms with Gasteiger partial charge in [-0.3, -0.25) is 10.1 Å². The number of oxazole rings is 1. The van der Waals surface area contributed by atoms with Crippen molar-refractivity contribution in [3.63, 3.8) is 0 Å². The van der Waals surface area contributed by atoms with Crippen molar-refractivity contribution in [2.45, 2.75) is 19.3 Å². The minimum Gasteiger partial charge on any atom is -0.440 e. The minimum atomic E-state index is -0.349. The molecule has 2 aliphatic rings. The average molecular weight is 376 g/mol. The molecule has 0 spiro atoms. The molecule has 0 amide bonds. The molecule has 28 heavy (non-hydrogen) atoms. The Morgan fingerprint density at radius 2 is 2.00 bits per heavy atom. The number of aryl methyl sites for hydroxylation is 1. The highest BCUT2D eigenvalue weighted by atomic mass is 16.6. The number of fused-ring (bicyclic) bond motifs is 1. The number of pyridine rings is 1. The summed E-state index contributed by atoms with van der Waals surface area (Å²) < 4.78 is 6.05. The maximum Gasteiger partial charge on any atom is 0.311 e. The van der Waals surface area contributed by atoms with Gasteiger partial charge in [0.2, 0.25) is 5.82 Å². The van der Waals surface area contributed by atoms with Crippen molar-refractivity contribution in [3.05, 3.63) is 70.4 Å². The molecule has 1 saturated carbocycles. The van der Waals surface area contributed by atoms with Crippen LogP contribution in [0, 0.1) is 28.9 Å². The van der Waals surface area contributed by atoms with Crippen LogP contribution in [0.25, 0.3) is 11.3 Å². The number of anilines is 1. The number of rotatable bonds is 4. The maximum absolute atomic E-state index is 11.4. The highest BCUT2D eigenvalue weighted by Gasteiger charge is 2.56. The fourth-order valence-corrected chi connectivity index (χ4v) is 4.39. The largest absolute Gasteiger partial charge is 0.440 e. The molecule has 3 heterocycles. The van der Waals surface area contributed by atoms with Gasteiger partial charge in [0.1, 0.15) is 0 Å². The molecule has 2 fully saturated rings. The SMILES string of the molecule is Cc1ccc([N+](=O)[O-])c(N2CCC3C(C2)C3c2ncc(-c3ccccc3)o2)n1. The smallest absolute Gasteiger partial charge is 0.311 e. The molecule has 3 atom stereocenters. The maximum atomic E-state index is 11.4. The van der Waals surface area contributed by atoms with Crippen LogP contribution in [-0.4, -0.2) is 28.0 Å². The first-order valence-corrected chi connectivity index (χ1v) is 9.50. The second kappa shape index (κ2) is 6.44. The number of nitrogens with zero attached hydrogens (tertiary/aromatic N) is 4. The fourth-order valence-electron chi connectivity index (χ4n) is 4.39. The summed E-state index contributed by atoms with van der Waals surface area (Å²) in [6, 6.07) is 13.2. The van der Waals surface area contributed by atoms with E-state index in [0.717, 1.165) is 42.4 Å². The Balaban J connectivity index is 1.36. The highest BCUT2D eigenvalue weighted by molar-refractivity contribution is 5.59. The minimum absolute atomic E-state index is 0.0729. The zero-order valence-electron chi connectivity index (χ0n) is 15.5. The Bertz CT molecular complexity index is 1030. The predicted octanol–water partition coefficient (Wildman–Crippen LogP) is 4.19. The highest BCUT2D eigenvalue weighted by Crippen LogP contribution is 2.58. The molecule has 5 rings (SSSR count). The van der Waals surface area contributed by atoms with Gasteiger partial charge in [-0.1, -0.05) is 30.3 Å². The number of piperidine rings is 1. The summed E-state index contributed by atoms with van der Waals surface area (Å²) in [6.07, 6.45) is 2.75. The standard InChI is InChI=1S/C21H20N4O3/c1-13-7-8-17(25(26)27)20(23-13)24-10-9-15-16(12-24)19(15)21-22-11-18(28-21)14-5-3-2-4-6-14/h2-8,11,15-16,19H,9-10,12H2,1H3. The molecule has 1 aliphatic carbocycles. The number of benzene rings is 1. The van der Waals surface area contributed by atoms with Crippen molar-refractivity contribution in [1.82, 2.24) is 9.97 Å². The van der Waals surface area contributed by atoms with Crippen molar-refractivity contribution in [3.8, 4) is 11.3 Å². The molecule has 3 unspecified atom stereocenters. The molecule has 2 aromatic heterocycles. The second-order valence-electron chi connectivity index (χ2n) is 7.57. The molecular formula is C21H20N4O3. The van der Waals surface area contributed by atoms with Crippen LogP contribution in [0.4, 0.5) is 11.5 Å². The fraction of sp³-hybridized carbons (Fsp3) is 0.333. The van der Waals surface area contributed by atoms with Crippen LogP contribution in [0.5, 0.6) is 0 Å². The van der Waals surface area contributed by atoms with E-state index in [0.29, 0.717) is 17.7 Å². The van der Waals surface area contributed by atoms with E-state index in [2.05, 4.69) is 9.97 Å². The molecule has 1 saturated heterocycles. The van der Waals surface area contributed by atoms with Crippen LogP contribution in [0.3, 0.4) is 0 Å². The van der Waals surface area contributed by atoms with E-state index in [9.17, 15) is 10.1 Å². The van der Waals surface area contributed by atoms with Gasteiger partial charge >= 0.3 is 5.69 Å². The van der Waals surface area contributed by atoms with Gasteiger partial charge < -0.3 is 9.32 Å². The lowest BCUT2D eigenvalue weighted by Gasteiger charge is -2.27. The zero-order chi connectivity index (χ0) is 19.3. The summed E-state index contributed by atoms with van der Waals surface area (Å²) in [4.78, 5) is 22.1.